The van der Waals surface area contributed by atoms with Crippen LogP contribution in [-0.2, 0) is 17.8 Å². The Hall–Kier alpha value is -1.42. The van der Waals surface area contributed by atoms with Gasteiger partial charge in [-0.1, -0.05) is 31.9 Å². The molecule has 4 nitrogen and oxygen atoms in total. The third-order valence-corrected chi connectivity index (χ3v) is 3.59. The number of hydrogen-bond donors (Lipinski definition) is 0. The molecule has 0 saturated heterocycles. The van der Waals surface area contributed by atoms with Gasteiger partial charge in [0.15, 0.2) is 0 Å². The summed E-state index contributed by atoms with van der Waals surface area (Å²) >= 11 is 0. The van der Waals surface area contributed by atoms with Crippen LogP contribution < -0.4 is 0 Å². The van der Waals surface area contributed by atoms with Gasteiger partial charge in [0.1, 0.15) is 0 Å². The fourth-order valence-electron chi connectivity index (χ4n) is 2.55. The van der Waals surface area contributed by atoms with Crippen molar-refractivity contribution in [3.8, 4) is 0 Å². The predicted molar refractivity (Wildman–Crippen MR) is 69.5 cm³/mol. The Bertz CT molecular complexity index is 425. The van der Waals surface area contributed by atoms with E-state index < -0.39 is 0 Å². The summed E-state index contributed by atoms with van der Waals surface area (Å²) in [5.41, 5.74) is 1.95. The third kappa shape index (κ3) is 2.88. The van der Waals surface area contributed by atoms with E-state index in [1.807, 2.05) is 13.0 Å². The number of nitrogens with zero attached hydrogens (tertiary/aromatic N) is 1. The molecule has 1 aliphatic carbocycles. The van der Waals surface area contributed by atoms with Gasteiger partial charge in [0.05, 0.1) is 23.2 Å². The monoisotopic (exact) mass is 249 g/mol. The maximum atomic E-state index is 11.0. The third-order valence-electron chi connectivity index (χ3n) is 3.59. The largest absolute Gasteiger partial charge is 0.373 e. The summed E-state index contributed by atoms with van der Waals surface area (Å²) in [6.07, 6.45) is 5.68. The molecule has 0 spiro atoms. The Labute approximate surface area is 107 Å². The Morgan fingerprint density at radius 2 is 2.11 bits per heavy atom. The van der Waals surface area contributed by atoms with E-state index in [1.165, 1.54) is 12.8 Å². The molecule has 1 aromatic rings. The van der Waals surface area contributed by atoms with Gasteiger partial charge in [-0.05, 0) is 24.8 Å². The number of benzene rings is 1. The van der Waals surface area contributed by atoms with E-state index >= 15 is 0 Å². The maximum absolute atomic E-state index is 11.0. The lowest BCUT2D eigenvalue weighted by atomic mass is 10.0. The quantitative estimate of drug-likeness (QED) is 0.591. The summed E-state index contributed by atoms with van der Waals surface area (Å²) in [5, 5.41) is 11.0. The van der Waals surface area contributed by atoms with Gasteiger partial charge in [-0.25, -0.2) is 0 Å². The topological polar surface area (TPSA) is 52.4 Å². The van der Waals surface area contributed by atoms with Crippen LogP contribution in [0.2, 0.25) is 0 Å². The van der Waals surface area contributed by atoms with Crippen LogP contribution >= 0.6 is 0 Å². The molecule has 1 saturated carbocycles. The molecule has 0 aromatic heterocycles. The van der Waals surface area contributed by atoms with Gasteiger partial charge in [0.2, 0.25) is 0 Å². The summed E-state index contributed by atoms with van der Waals surface area (Å²) in [4.78, 5) is 10.7. The van der Waals surface area contributed by atoms with Gasteiger partial charge in [0.25, 0.3) is 5.69 Å². The van der Waals surface area contributed by atoms with Gasteiger partial charge in [-0.3, -0.25) is 10.1 Å². The second-order valence-electron chi connectivity index (χ2n) is 4.74. The smallest absolute Gasteiger partial charge is 0.275 e. The number of nitro benzene ring substituents is 1. The van der Waals surface area contributed by atoms with Crippen LogP contribution in [0.25, 0.3) is 0 Å². The van der Waals surface area contributed by atoms with Crippen LogP contribution in [0.4, 0.5) is 5.69 Å². The first-order chi connectivity index (χ1) is 8.72. The van der Waals surface area contributed by atoms with Gasteiger partial charge >= 0.3 is 0 Å². The lowest BCUT2D eigenvalue weighted by Gasteiger charge is -2.13. The first-order valence-corrected chi connectivity index (χ1v) is 6.59. The molecule has 0 radical (unpaired) electrons. The van der Waals surface area contributed by atoms with Crippen LogP contribution in [0.15, 0.2) is 18.2 Å². The average molecular weight is 249 g/mol. The molecule has 1 aromatic carbocycles. The summed E-state index contributed by atoms with van der Waals surface area (Å²) in [6.45, 7) is 2.38. The van der Waals surface area contributed by atoms with Crippen LogP contribution in [0, 0.1) is 10.1 Å². The minimum atomic E-state index is -0.313. The minimum absolute atomic E-state index is 0.187. The van der Waals surface area contributed by atoms with Crippen molar-refractivity contribution in [3.05, 3.63) is 39.4 Å². The molecule has 18 heavy (non-hydrogen) atoms. The van der Waals surface area contributed by atoms with E-state index in [0.717, 1.165) is 30.4 Å². The van der Waals surface area contributed by atoms with Crippen LogP contribution in [0.1, 0.15) is 43.7 Å². The van der Waals surface area contributed by atoms with Crippen molar-refractivity contribution in [3.63, 3.8) is 0 Å². The van der Waals surface area contributed by atoms with Crippen molar-refractivity contribution in [2.24, 2.45) is 0 Å². The molecule has 1 aliphatic rings. The average Bonchev–Trinajstić information content (AvgIpc) is 2.88. The van der Waals surface area contributed by atoms with Crippen molar-refractivity contribution in [2.75, 3.05) is 0 Å². The van der Waals surface area contributed by atoms with Crippen molar-refractivity contribution < 1.29 is 9.66 Å². The Morgan fingerprint density at radius 1 is 1.39 bits per heavy atom. The molecule has 2 rings (SSSR count). The highest BCUT2D eigenvalue weighted by Gasteiger charge is 2.20. The molecule has 0 bridgehead atoms. The summed E-state index contributed by atoms with van der Waals surface area (Å²) in [7, 11) is 0. The number of aryl methyl sites for hydroxylation is 1. The second-order valence-corrected chi connectivity index (χ2v) is 4.74. The lowest BCUT2D eigenvalue weighted by molar-refractivity contribution is -0.386. The first kappa shape index (κ1) is 13.0. The van der Waals surface area contributed by atoms with Crippen molar-refractivity contribution >= 4 is 5.69 Å². The van der Waals surface area contributed by atoms with Gasteiger partial charge in [-0.2, -0.15) is 0 Å². The van der Waals surface area contributed by atoms with Crippen molar-refractivity contribution in [2.45, 2.75) is 51.7 Å². The zero-order chi connectivity index (χ0) is 13.0. The second kappa shape index (κ2) is 5.96. The first-order valence-electron chi connectivity index (χ1n) is 6.59. The molecule has 98 valence electrons. The predicted octanol–water partition coefficient (Wildman–Crippen LogP) is 3.62. The standard InChI is InChI=1S/C14H19NO3/c1-2-11-6-5-9-14(15(16)17)13(11)10-18-12-7-3-4-8-12/h5-6,9,12H,2-4,7-8,10H2,1H3. The molecule has 0 amide bonds. The van der Waals surface area contributed by atoms with Crippen LogP contribution in [0.3, 0.4) is 0 Å². The highest BCUT2D eigenvalue weighted by atomic mass is 16.6. The van der Waals surface area contributed by atoms with E-state index in [-0.39, 0.29) is 16.7 Å². The number of hydrogen-bond acceptors (Lipinski definition) is 3. The van der Waals surface area contributed by atoms with E-state index in [1.54, 1.807) is 12.1 Å². The Morgan fingerprint density at radius 3 is 2.72 bits per heavy atom. The molecule has 0 atom stereocenters. The van der Waals surface area contributed by atoms with E-state index in [4.69, 9.17) is 4.74 Å². The van der Waals surface area contributed by atoms with E-state index in [9.17, 15) is 10.1 Å². The van der Waals surface area contributed by atoms with Crippen LogP contribution in [-0.4, -0.2) is 11.0 Å². The van der Waals surface area contributed by atoms with E-state index in [0.29, 0.717) is 6.61 Å². The molecule has 0 N–H and O–H groups in total. The SMILES string of the molecule is CCc1cccc([N+](=O)[O-])c1COC1CCCC1. The lowest BCUT2D eigenvalue weighted by Crippen LogP contribution is -2.10. The fourth-order valence-corrected chi connectivity index (χ4v) is 2.55. The number of rotatable bonds is 5. The van der Waals surface area contributed by atoms with E-state index in [2.05, 4.69) is 0 Å². The Kier molecular flexibility index (Phi) is 4.31. The highest BCUT2D eigenvalue weighted by molar-refractivity contribution is 5.45. The maximum Gasteiger partial charge on any atom is 0.275 e. The number of nitro groups is 1. The van der Waals surface area contributed by atoms with Gasteiger partial charge in [0, 0.05) is 6.07 Å². The normalized spacial score (nSPS) is 16.1. The summed E-state index contributed by atoms with van der Waals surface area (Å²) < 4.78 is 5.82. The van der Waals surface area contributed by atoms with Gasteiger partial charge < -0.3 is 4.74 Å². The zero-order valence-electron chi connectivity index (χ0n) is 10.7. The molecular formula is C14H19NO3. The van der Waals surface area contributed by atoms with Crippen molar-refractivity contribution in [1.82, 2.24) is 0 Å². The molecule has 4 heteroatoms. The molecule has 0 aliphatic heterocycles. The molecule has 1 fully saturated rings. The van der Waals surface area contributed by atoms with Crippen molar-refractivity contribution in [1.29, 1.82) is 0 Å². The highest BCUT2D eigenvalue weighted by Crippen LogP contribution is 2.27. The van der Waals surface area contributed by atoms with Gasteiger partial charge in [-0.15, -0.1) is 0 Å². The van der Waals surface area contributed by atoms with Crippen LogP contribution in [0.5, 0.6) is 0 Å². The fraction of sp³-hybridized carbons (Fsp3) is 0.571. The Balaban J connectivity index is 2.15. The molecule has 0 unspecified atom stereocenters. The summed E-state index contributed by atoms with van der Waals surface area (Å²) in [6, 6.07) is 5.25. The molecular weight excluding hydrogens is 230 g/mol. The zero-order valence-corrected chi connectivity index (χ0v) is 10.7. The summed E-state index contributed by atoms with van der Waals surface area (Å²) in [5.74, 6) is 0. The molecule has 0 heterocycles. The minimum Gasteiger partial charge on any atom is -0.373 e. The number of ether oxygens (including phenoxy) is 1.